The van der Waals surface area contributed by atoms with E-state index < -0.39 is 10.0 Å². The normalized spacial score (nSPS) is 14.5. The Bertz CT molecular complexity index is 882. The zero-order valence-electron chi connectivity index (χ0n) is 14.6. The van der Waals surface area contributed by atoms with E-state index in [0.29, 0.717) is 36.5 Å². The van der Waals surface area contributed by atoms with Gasteiger partial charge in [0.15, 0.2) is 0 Å². The fourth-order valence-electron chi connectivity index (χ4n) is 2.99. The van der Waals surface area contributed by atoms with Crippen LogP contribution in [0.5, 0.6) is 5.75 Å². The Morgan fingerprint density at radius 1 is 1.15 bits per heavy atom. The average molecular weight is 374 g/mol. The smallest absolute Gasteiger partial charge is 0.233 e. The zero-order valence-corrected chi connectivity index (χ0v) is 15.5. The Kier molecular flexibility index (Phi) is 5.46. The van der Waals surface area contributed by atoms with Crippen molar-refractivity contribution in [2.75, 3.05) is 29.0 Å². The highest BCUT2D eigenvalue weighted by molar-refractivity contribution is 7.92. The summed E-state index contributed by atoms with van der Waals surface area (Å²) in [5, 5.41) is 0. The molecule has 26 heavy (non-hydrogen) atoms. The molecule has 1 N–H and O–H groups in total. The highest BCUT2D eigenvalue weighted by Crippen LogP contribution is 2.34. The van der Waals surface area contributed by atoms with Crippen molar-refractivity contribution in [3.05, 3.63) is 54.1 Å². The monoisotopic (exact) mass is 374 g/mol. The molecule has 1 heterocycles. The van der Waals surface area contributed by atoms with Crippen molar-refractivity contribution < 1.29 is 17.9 Å². The van der Waals surface area contributed by atoms with Crippen LogP contribution in [0, 0.1) is 0 Å². The van der Waals surface area contributed by atoms with Gasteiger partial charge in [0.25, 0.3) is 0 Å². The number of anilines is 2. The van der Waals surface area contributed by atoms with Crippen LogP contribution in [0.15, 0.2) is 48.5 Å². The first-order valence-corrected chi connectivity index (χ1v) is 10.2. The molecular weight excluding hydrogens is 352 g/mol. The fraction of sp³-hybridized carbons (Fsp3) is 0.316. The van der Waals surface area contributed by atoms with Gasteiger partial charge in [-0.25, -0.2) is 8.42 Å². The van der Waals surface area contributed by atoms with Crippen LogP contribution in [-0.4, -0.2) is 33.7 Å². The van der Waals surface area contributed by atoms with Crippen molar-refractivity contribution in [1.29, 1.82) is 0 Å². The first kappa shape index (κ1) is 18.3. The number of ether oxygens (including phenoxy) is 1. The summed E-state index contributed by atoms with van der Waals surface area (Å²) in [4.78, 5) is 13.6. The Labute approximate surface area is 153 Å². The summed E-state index contributed by atoms with van der Waals surface area (Å²) in [7, 11) is -1.98. The molecule has 3 rings (SSSR count). The number of nitrogens with one attached hydrogen (secondary N) is 1. The van der Waals surface area contributed by atoms with E-state index in [4.69, 9.17) is 4.74 Å². The number of sulfonamides is 1. The molecule has 0 bridgehead atoms. The van der Waals surface area contributed by atoms with Gasteiger partial charge in [-0.3, -0.25) is 9.52 Å². The average Bonchev–Trinajstić information content (AvgIpc) is 3.06. The fourth-order valence-corrected chi connectivity index (χ4v) is 4.09. The largest absolute Gasteiger partial charge is 0.494 e. The van der Waals surface area contributed by atoms with Crippen LogP contribution in [-0.2, 0) is 21.2 Å². The van der Waals surface area contributed by atoms with Gasteiger partial charge in [-0.05, 0) is 30.5 Å². The standard InChI is InChI=1S/C19H22N2O4S/c1-25-18-14-16(9-10-17(18)21-12-5-8-19(21)22)20-26(23,24)13-11-15-6-3-2-4-7-15/h2-4,6-7,9-10,14,20H,5,8,11-13H2,1H3. The van der Waals surface area contributed by atoms with Gasteiger partial charge in [0, 0.05) is 19.0 Å². The van der Waals surface area contributed by atoms with Crippen LogP contribution in [0.3, 0.4) is 0 Å². The number of carbonyl (C=O) groups is 1. The number of nitrogens with zero attached hydrogens (tertiary/aromatic N) is 1. The predicted octanol–water partition coefficient (Wildman–Crippen LogP) is 2.81. The van der Waals surface area contributed by atoms with E-state index in [1.54, 1.807) is 23.1 Å². The molecule has 1 saturated heterocycles. The van der Waals surface area contributed by atoms with Gasteiger partial charge in [0.2, 0.25) is 15.9 Å². The second-order valence-corrected chi connectivity index (χ2v) is 8.03. The molecule has 0 radical (unpaired) electrons. The minimum absolute atomic E-state index is 0.00824. The maximum atomic E-state index is 12.3. The number of amides is 1. The van der Waals surface area contributed by atoms with Crippen molar-refractivity contribution >= 4 is 27.3 Å². The van der Waals surface area contributed by atoms with Crippen LogP contribution in [0.2, 0.25) is 0 Å². The highest BCUT2D eigenvalue weighted by Gasteiger charge is 2.24. The SMILES string of the molecule is COc1cc(NS(=O)(=O)CCc2ccccc2)ccc1N1CCCC1=O. The predicted molar refractivity (Wildman–Crippen MR) is 102 cm³/mol. The number of rotatable bonds is 7. The minimum Gasteiger partial charge on any atom is -0.494 e. The third kappa shape index (κ3) is 4.35. The second-order valence-electron chi connectivity index (χ2n) is 6.19. The summed E-state index contributed by atoms with van der Waals surface area (Å²) in [6.07, 6.45) is 1.78. The van der Waals surface area contributed by atoms with Gasteiger partial charge in [0.05, 0.1) is 24.2 Å². The molecule has 1 aliphatic rings. The van der Waals surface area contributed by atoms with Gasteiger partial charge in [-0.2, -0.15) is 0 Å². The van der Waals surface area contributed by atoms with E-state index in [1.807, 2.05) is 30.3 Å². The molecule has 1 aliphatic heterocycles. The van der Waals surface area contributed by atoms with Gasteiger partial charge < -0.3 is 9.64 Å². The third-order valence-electron chi connectivity index (χ3n) is 4.32. The molecule has 2 aromatic carbocycles. The number of aryl methyl sites for hydroxylation is 1. The molecule has 7 heteroatoms. The first-order valence-electron chi connectivity index (χ1n) is 8.51. The van der Waals surface area contributed by atoms with E-state index in [1.165, 1.54) is 7.11 Å². The molecular formula is C19H22N2O4S. The maximum absolute atomic E-state index is 12.3. The molecule has 2 aromatic rings. The number of carbonyl (C=O) groups excluding carboxylic acids is 1. The van der Waals surface area contributed by atoms with E-state index >= 15 is 0 Å². The molecule has 1 amide bonds. The van der Waals surface area contributed by atoms with Crippen molar-refractivity contribution in [2.24, 2.45) is 0 Å². The number of methoxy groups -OCH3 is 1. The van der Waals surface area contributed by atoms with Crippen molar-refractivity contribution in [3.63, 3.8) is 0 Å². The van der Waals surface area contributed by atoms with Crippen molar-refractivity contribution in [1.82, 2.24) is 0 Å². The minimum atomic E-state index is -3.49. The van der Waals surface area contributed by atoms with Gasteiger partial charge in [-0.15, -0.1) is 0 Å². The van der Waals surface area contributed by atoms with Gasteiger partial charge >= 0.3 is 0 Å². The van der Waals surface area contributed by atoms with Crippen LogP contribution < -0.4 is 14.4 Å². The molecule has 0 aliphatic carbocycles. The Balaban J connectivity index is 1.71. The van der Waals surface area contributed by atoms with Gasteiger partial charge in [-0.1, -0.05) is 30.3 Å². The van der Waals surface area contributed by atoms with E-state index in [9.17, 15) is 13.2 Å². The zero-order chi connectivity index (χ0) is 18.6. The lowest BCUT2D eigenvalue weighted by Gasteiger charge is -2.20. The summed E-state index contributed by atoms with van der Waals surface area (Å²) in [6, 6.07) is 14.5. The van der Waals surface area contributed by atoms with E-state index in [0.717, 1.165) is 12.0 Å². The van der Waals surface area contributed by atoms with Crippen molar-refractivity contribution in [3.8, 4) is 5.75 Å². The Morgan fingerprint density at radius 3 is 2.58 bits per heavy atom. The Morgan fingerprint density at radius 2 is 1.92 bits per heavy atom. The molecule has 0 saturated carbocycles. The maximum Gasteiger partial charge on any atom is 0.233 e. The Hall–Kier alpha value is -2.54. The molecule has 0 atom stereocenters. The number of hydrogen-bond donors (Lipinski definition) is 1. The summed E-state index contributed by atoms with van der Waals surface area (Å²) in [5.74, 6) is 0.522. The molecule has 1 fully saturated rings. The molecule has 138 valence electrons. The molecule has 0 spiro atoms. The third-order valence-corrected chi connectivity index (χ3v) is 5.61. The molecule has 0 aromatic heterocycles. The number of benzene rings is 2. The topological polar surface area (TPSA) is 75.7 Å². The molecule has 6 nitrogen and oxygen atoms in total. The second kappa shape index (κ2) is 7.78. The van der Waals surface area contributed by atoms with Gasteiger partial charge in [0.1, 0.15) is 5.75 Å². The first-order chi connectivity index (χ1) is 12.5. The van der Waals surface area contributed by atoms with E-state index in [2.05, 4.69) is 4.72 Å². The van der Waals surface area contributed by atoms with Crippen LogP contribution in [0.25, 0.3) is 0 Å². The quantitative estimate of drug-likeness (QED) is 0.809. The molecule has 0 unspecified atom stereocenters. The summed E-state index contributed by atoms with van der Waals surface area (Å²) >= 11 is 0. The van der Waals surface area contributed by atoms with Crippen LogP contribution >= 0.6 is 0 Å². The lowest BCUT2D eigenvalue weighted by Crippen LogP contribution is -2.24. The number of hydrogen-bond acceptors (Lipinski definition) is 4. The van der Waals surface area contributed by atoms with E-state index in [-0.39, 0.29) is 11.7 Å². The highest BCUT2D eigenvalue weighted by atomic mass is 32.2. The van der Waals surface area contributed by atoms with Crippen LogP contribution in [0.1, 0.15) is 18.4 Å². The summed E-state index contributed by atoms with van der Waals surface area (Å²) < 4.78 is 32.6. The lowest BCUT2D eigenvalue weighted by atomic mass is 10.2. The summed E-state index contributed by atoms with van der Waals surface area (Å²) in [6.45, 7) is 0.650. The summed E-state index contributed by atoms with van der Waals surface area (Å²) in [5.41, 5.74) is 2.06. The lowest BCUT2D eigenvalue weighted by molar-refractivity contribution is -0.117. The van der Waals surface area contributed by atoms with Crippen molar-refractivity contribution in [2.45, 2.75) is 19.3 Å². The van der Waals surface area contributed by atoms with Crippen LogP contribution in [0.4, 0.5) is 11.4 Å².